The highest BCUT2D eigenvalue weighted by molar-refractivity contribution is 7.90. The van der Waals surface area contributed by atoms with Gasteiger partial charge in [-0.15, -0.1) is 0 Å². The number of nitrogens with one attached hydrogen (secondary N) is 2. The molecule has 1 heterocycles. The molecular formula is C12H18FN3O3S. The molecule has 0 aliphatic carbocycles. The summed E-state index contributed by atoms with van der Waals surface area (Å²) in [7, 11) is -3.64. The maximum Gasteiger partial charge on any atom is 0.301 e. The van der Waals surface area contributed by atoms with Crippen molar-refractivity contribution in [1.29, 1.82) is 0 Å². The molecule has 112 valence electrons. The topological polar surface area (TPSA) is 70.7 Å². The van der Waals surface area contributed by atoms with Crippen molar-refractivity contribution in [3.63, 3.8) is 0 Å². The predicted molar refractivity (Wildman–Crippen MR) is 74.6 cm³/mol. The van der Waals surface area contributed by atoms with Crippen LogP contribution in [-0.4, -0.2) is 45.5 Å². The third-order valence-electron chi connectivity index (χ3n) is 2.89. The van der Waals surface area contributed by atoms with Crippen LogP contribution in [0.5, 0.6) is 5.75 Å². The summed E-state index contributed by atoms with van der Waals surface area (Å²) in [6.07, 6.45) is 0. The number of piperazine rings is 1. The zero-order valence-electron chi connectivity index (χ0n) is 11.2. The van der Waals surface area contributed by atoms with E-state index in [1.807, 2.05) is 0 Å². The van der Waals surface area contributed by atoms with Gasteiger partial charge in [0.2, 0.25) is 0 Å². The van der Waals surface area contributed by atoms with E-state index in [2.05, 4.69) is 10.0 Å². The molecule has 1 saturated heterocycles. The number of hydrogen-bond acceptors (Lipinski definition) is 4. The van der Waals surface area contributed by atoms with Crippen molar-refractivity contribution >= 4 is 15.9 Å². The summed E-state index contributed by atoms with van der Waals surface area (Å²) >= 11 is 0. The van der Waals surface area contributed by atoms with E-state index in [0.29, 0.717) is 32.8 Å². The average Bonchev–Trinajstić information content (AvgIpc) is 2.43. The second kappa shape index (κ2) is 6.38. The monoisotopic (exact) mass is 303 g/mol. The molecule has 0 radical (unpaired) electrons. The molecule has 1 fully saturated rings. The molecule has 0 saturated carbocycles. The van der Waals surface area contributed by atoms with Gasteiger partial charge in [-0.1, -0.05) is 0 Å². The van der Waals surface area contributed by atoms with E-state index in [9.17, 15) is 12.8 Å². The molecule has 1 aliphatic heterocycles. The zero-order valence-corrected chi connectivity index (χ0v) is 12.0. The minimum Gasteiger partial charge on any atom is -0.491 e. The van der Waals surface area contributed by atoms with Crippen molar-refractivity contribution in [3.05, 3.63) is 24.0 Å². The fourth-order valence-electron chi connectivity index (χ4n) is 1.94. The number of anilines is 1. The SMILES string of the molecule is CCOc1ccc(NS(=O)(=O)N2CCNCC2)cc1F. The van der Waals surface area contributed by atoms with Crippen LogP contribution in [0.4, 0.5) is 10.1 Å². The van der Waals surface area contributed by atoms with Gasteiger partial charge in [0.15, 0.2) is 11.6 Å². The first-order valence-corrected chi connectivity index (χ1v) is 7.88. The molecule has 1 aromatic rings. The number of ether oxygens (including phenoxy) is 1. The molecule has 2 N–H and O–H groups in total. The van der Waals surface area contributed by atoms with Gasteiger partial charge in [-0.3, -0.25) is 4.72 Å². The first-order valence-electron chi connectivity index (χ1n) is 6.44. The molecule has 1 aliphatic rings. The number of rotatable bonds is 5. The minimum atomic E-state index is -3.64. The number of hydrogen-bond donors (Lipinski definition) is 2. The summed E-state index contributed by atoms with van der Waals surface area (Å²) in [5.41, 5.74) is 0.185. The summed E-state index contributed by atoms with van der Waals surface area (Å²) in [5, 5.41) is 3.07. The molecule has 1 aromatic carbocycles. The zero-order chi connectivity index (χ0) is 14.6. The lowest BCUT2D eigenvalue weighted by Gasteiger charge is -2.26. The lowest BCUT2D eigenvalue weighted by molar-refractivity contribution is 0.321. The van der Waals surface area contributed by atoms with Gasteiger partial charge in [0.25, 0.3) is 0 Å². The quantitative estimate of drug-likeness (QED) is 0.843. The van der Waals surface area contributed by atoms with Crippen LogP contribution >= 0.6 is 0 Å². The van der Waals surface area contributed by atoms with Crippen LogP contribution in [0.3, 0.4) is 0 Å². The second-order valence-electron chi connectivity index (χ2n) is 4.33. The van der Waals surface area contributed by atoms with Crippen LogP contribution in [0.25, 0.3) is 0 Å². The highest BCUT2D eigenvalue weighted by atomic mass is 32.2. The van der Waals surface area contributed by atoms with Crippen LogP contribution in [0.2, 0.25) is 0 Å². The van der Waals surface area contributed by atoms with Crippen molar-refractivity contribution in [1.82, 2.24) is 9.62 Å². The molecule has 0 aromatic heterocycles. The lowest BCUT2D eigenvalue weighted by atomic mass is 10.3. The Morgan fingerprint density at radius 1 is 1.40 bits per heavy atom. The van der Waals surface area contributed by atoms with Gasteiger partial charge >= 0.3 is 10.2 Å². The molecule has 2 rings (SSSR count). The average molecular weight is 303 g/mol. The van der Waals surface area contributed by atoms with E-state index in [1.54, 1.807) is 6.92 Å². The molecule has 0 spiro atoms. The molecular weight excluding hydrogens is 285 g/mol. The van der Waals surface area contributed by atoms with Crippen molar-refractivity contribution in [2.75, 3.05) is 37.5 Å². The summed E-state index contributed by atoms with van der Waals surface area (Å²) in [4.78, 5) is 0. The summed E-state index contributed by atoms with van der Waals surface area (Å²) in [6.45, 7) is 4.12. The molecule has 20 heavy (non-hydrogen) atoms. The Labute approximate surface area is 118 Å². The van der Waals surface area contributed by atoms with Crippen LogP contribution in [0.15, 0.2) is 18.2 Å². The maximum atomic E-state index is 13.7. The Hall–Kier alpha value is -1.38. The molecule has 0 bridgehead atoms. The van der Waals surface area contributed by atoms with Gasteiger partial charge in [0.1, 0.15) is 0 Å². The Kier molecular flexibility index (Phi) is 4.79. The van der Waals surface area contributed by atoms with Crippen molar-refractivity contribution in [3.8, 4) is 5.75 Å². The molecule has 0 amide bonds. The van der Waals surface area contributed by atoms with Crippen molar-refractivity contribution < 1.29 is 17.5 Å². The molecule has 6 nitrogen and oxygen atoms in total. The van der Waals surface area contributed by atoms with Gasteiger partial charge in [0.05, 0.1) is 12.3 Å². The van der Waals surface area contributed by atoms with Crippen LogP contribution in [0, 0.1) is 5.82 Å². The van der Waals surface area contributed by atoms with E-state index >= 15 is 0 Å². The van der Waals surface area contributed by atoms with Gasteiger partial charge < -0.3 is 10.1 Å². The van der Waals surface area contributed by atoms with E-state index in [4.69, 9.17) is 4.74 Å². The van der Waals surface area contributed by atoms with Gasteiger partial charge in [0, 0.05) is 32.2 Å². The first-order chi connectivity index (χ1) is 9.53. The molecule has 0 unspecified atom stereocenters. The Morgan fingerprint density at radius 3 is 2.70 bits per heavy atom. The summed E-state index contributed by atoms with van der Waals surface area (Å²) in [5.74, 6) is -0.481. The summed E-state index contributed by atoms with van der Waals surface area (Å²) < 4.78 is 46.7. The third kappa shape index (κ3) is 3.59. The van der Waals surface area contributed by atoms with E-state index in [-0.39, 0.29) is 11.4 Å². The third-order valence-corrected chi connectivity index (χ3v) is 4.43. The van der Waals surface area contributed by atoms with Crippen LogP contribution in [-0.2, 0) is 10.2 Å². The largest absolute Gasteiger partial charge is 0.491 e. The Balaban J connectivity index is 2.10. The van der Waals surface area contributed by atoms with Gasteiger partial charge in [-0.05, 0) is 19.1 Å². The van der Waals surface area contributed by atoms with E-state index in [0.717, 1.165) is 6.07 Å². The van der Waals surface area contributed by atoms with Crippen LogP contribution < -0.4 is 14.8 Å². The standard InChI is InChI=1S/C12H18FN3O3S/c1-2-19-12-4-3-10(9-11(12)13)15-20(17,18)16-7-5-14-6-8-16/h3-4,9,14-15H,2,5-8H2,1H3. The maximum absolute atomic E-state index is 13.7. The lowest BCUT2D eigenvalue weighted by Crippen LogP contribution is -2.48. The highest BCUT2D eigenvalue weighted by Gasteiger charge is 2.23. The minimum absolute atomic E-state index is 0.109. The fraction of sp³-hybridized carbons (Fsp3) is 0.500. The molecule has 8 heteroatoms. The second-order valence-corrected chi connectivity index (χ2v) is 6.01. The van der Waals surface area contributed by atoms with E-state index in [1.165, 1.54) is 16.4 Å². The van der Waals surface area contributed by atoms with Gasteiger partial charge in [-0.25, -0.2) is 4.39 Å². The van der Waals surface area contributed by atoms with Crippen molar-refractivity contribution in [2.24, 2.45) is 0 Å². The number of nitrogens with zero attached hydrogens (tertiary/aromatic N) is 1. The van der Waals surface area contributed by atoms with Gasteiger partial charge in [-0.2, -0.15) is 12.7 Å². The Bertz CT molecular complexity index is 559. The van der Waals surface area contributed by atoms with Crippen molar-refractivity contribution in [2.45, 2.75) is 6.92 Å². The predicted octanol–water partition coefficient (Wildman–Crippen LogP) is 0.786. The first kappa shape index (κ1) is 15.0. The molecule has 0 atom stereocenters. The highest BCUT2D eigenvalue weighted by Crippen LogP contribution is 2.22. The Morgan fingerprint density at radius 2 is 2.10 bits per heavy atom. The normalized spacial score (nSPS) is 16.9. The van der Waals surface area contributed by atoms with Crippen LogP contribution in [0.1, 0.15) is 6.92 Å². The fourth-order valence-corrected chi connectivity index (χ4v) is 3.15. The smallest absolute Gasteiger partial charge is 0.301 e. The van der Waals surface area contributed by atoms with E-state index < -0.39 is 16.0 Å². The number of halogens is 1. The summed E-state index contributed by atoms with van der Waals surface area (Å²) in [6, 6.07) is 4.01. The number of benzene rings is 1.